The van der Waals surface area contributed by atoms with E-state index < -0.39 is 0 Å². The molecule has 0 unspecified atom stereocenters. The summed E-state index contributed by atoms with van der Waals surface area (Å²) in [5, 5.41) is 12.6. The summed E-state index contributed by atoms with van der Waals surface area (Å²) < 4.78 is 0. The summed E-state index contributed by atoms with van der Waals surface area (Å²) in [6, 6.07) is 3.34. The minimum Gasteiger partial charge on any atom is -0.393 e. The zero-order chi connectivity index (χ0) is 12.3. The first-order valence-electron chi connectivity index (χ1n) is 5.75. The summed E-state index contributed by atoms with van der Waals surface area (Å²) in [6.45, 7) is 0. The van der Waals surface area contributed by atoms with Crippen LogP contribution in [0.25, 0.3) is 0 Å². The van der Waals surface area contributed by atoms with Crippen LogP contribution >= 0.6 is 11.6 Å². The summed E-state index contributed by atoms with van der Waals surface area (Å²) in [4.78, 5) is 15.7. The maximum Gasteiger partial charge on any atom is 0.251 e. The van der Waals surface area contributed by atoms with Gasteiger partial charge in [-0.2, -0.15) is 0 Å². The smallest absolute Gasteiger partial charge is 0.251 e. The highest BCUT2D eigenvalue weighted by molar-refractivity contribution is 6.29. The normalized spacial score (nSPS) is 24.4. The second kappa shape index (κ2) is 5.47. The van der Waals surface area contributed by atoms with E-state index in [1.807, 2.05) is 0 Å². The Hall–Kier alpha value is -1.13. The minimum absolute atomic E-state index is 0.129. The third-order valence-electron chi connectivity index (χ3n) is 3.02. The molecule has 1 saturated carbocycles. The van der Waals surface area contributed by atoms with Crippen molar-refractivity contribution in [3.63, 3.8) is 0 Å². The van der Waals surface area contributed by atoms with Crippen molar-refractivity contribution in [2.24, 2.45) is 0 Å². The fourth-order valence-corrected chi connectivity index (χ4v) is 2.21. The lowest BCUT2D eigenvalue weighted by molar-refractivity contribution is 0.0867. The van der Waals surface area contributed by atoms with Gasteiger partial charge in [0.2, 0.25) is 0 Å². The number of nitrogens with zero attached hydrogens (tertiary/aromatic N) is 1. The monoisotopic (exact) mass is 254 g/mol. The summed E-state index contributed by atoms with van der Waals surface area (Å²) in [5.74, 6) is -0.129. The van der Waals surface area contributed by atoms with E-state index in [2.05, 4.69) is 10.3 Å². The molecule has 0 bridgehead atoms. The van der Waals surface area contributed by atoms with E-state index in [0.717, 1.165) is 25.7 Å². The first kappa shape index (κ1) is 12.3. The molecule has 0 spiro atoms. The van der Waals surface area contributed by atoms with E-state index in [1.54, 1.807) is 12.1 Å². The number of carbonyl (C=O) groups excluding carboxylic acids is 1. The van der Waals surface area contributed by atoms with E-state index in [-0.39, 0.29) is 18.1 Å². The van der Waals surface area contributed by atoms with E-state index >= 15 is 0 Å². The van der Waals surface area contributed by atoms with Crippen molar-refractivity contribution in [3.05, 3.63) is 29.0 Å². The van der Waals surface area contributed by atoms with Crippen molar-refractivity contribution in [1.82, 2.24) is 10.3 Å². The van der Waals surface area contributed by atoms with Crippen molar-refractivity contribution in [3.8, 4) is 0 Å². The Balaban J connectivity index is 1.93. The molecule has 1 aliphatic carbocycles. The molecule has 1 fully saturated rings. The Labute approximate surface area is 105 Å². The van der Waals surface area contributed by atoms with Gasteiger partial charge in [-0.05, 0) is 37.8 Å². The van der Waals surface area contributed by atoms with Gasteiger partial charge in [0.05, 0.1) is 6.10 Å². The second-order valence-electron chi connectivity index (χ2n) is 4.35. The Kier molecular flexibility index (Phi) is 3.97. The minimum atomic E-state index is -0.210. The maximum absolute atomic E-state index is 11.9. The van der Waals surface area contributed by atoms with Crippen molar-refractivity contribution >= 4 is 17.5 Å². The number of nitrogens with one attached hydrogen (secondary N) is 1. The topological polar surface area (TPSA) is 62.2 Å². The van der Waals surface area contributed by atoms with E-state index in [1.165, 1.54) is 6.20 Å². The molecule has 1 aromatic heterocycles. The Morgan fingerprint density at radius 3 is 2.76 bits per heavy atom. The average molecular weight is 255 g/mol. The molecule has 0 atom stereocenters. The lowest BCUT2D eigenvalue weighted by atomic mass is 9.93. The molecule has 17 heavy (non-hydrogen) atoms. The van der Waals surface area contributed by atoms with Crippen LogP contribution in [0.2, 0.25) is 5.15 Å². The summed E-state index contributed by atoms with van der Waals surface area (Å²) in [5.41, 5.74) is 0.524. The van der Waals surface area contributed by atoms with Crippen LogP contribution < -0.4 is 5.32 Å². The highest BCUT2D eigenvalue weighted by atomic mass is 35.5. The quantitative estimate of drug-likeness (QED) is 0.791. The molecular formula is C12H15ClN2O2. The van der Waals surface area contributed by atoms with Crippen LogP contribution in [0.5, 0.6) is 0 Å². The lowest BCUT2D eigenvalue weighted by Gasteiger charge is -2.26. The van der Waals surface area contributed by atoms with Crippen LogP contribution in [0.1, 0.15) is 36.0 Å². The largest absolute Gasteiger partial charge is 0.393 e. The van der Waals surface area contributed by atoms with Gasteiger partial charge in [0.1, 0.15) is 5.15 Å². The number of carbonyl (C=O) groups is 1. The fraction of sp³-hybridized carbons (Fsp3) is 0.500. The second-order valence-corrected chi connectivity index (χ2v) is 4.73. The highest BCUT2D eigenvalue weighted by Gasteiger charge is 2.21. The van der Waals surface area contributed by atoms with Crippen molar-refractivity contribution in [1.29, 1.82) is 0 Å². The average Bonchev–Trinajstić information content (AvgIpc) is 2.32. The number of hydrogen-bond acceptors (Lipinski definition) is 3. The van der Waals surface area contributed by atoms with Gasteiger partial charge in [-0.3, -0.25) is 4.79 Å². The molecule has 2 rings (SSSR count). The third kappa shape index (κ3) is 3.41. The van der Waals surface area contributed by atoms with Crippen molar-refractivity contribution in [2.75, 3.05) is 0 Å². The van der Waals surface area contributed by atoms with Gasteiger partial charge in [0, 0.05) is 17.8 Å². The summed E-state index contributed by atoms with van der Waals surface area (Å²) >= 11 is 5.73. The first-order chi connectivity index (χ1) is 8.15. The molecule has 5 heteroatoms. The standard InChI is InChI=1S/C12H15ClN2O2/c13-11-7-8(5-6-14-11)12(17)15-9-1-3-10(16)4-2-9/h5-7,9-10,16H,1-4H2,(H,15,17). The maximum atomic E-state index is 11.9. The Morgan fingerprint density at radius 2 is 2.12 bits per heavy atom. The van der Waals surface area contributed by atoms with Crippen LogP contribution in [0.3, 0.4) is 0 Å². The van der Waals surface area contributed by atoms with Crippen LogP contribution in [-0.2, 0) is 0 Å². The number of pyridine rings is 1. The third-order valence-corrected chi connectivity index (χ3v) is 3.23. The molecule has 0 saturated heterocycles. The molecule has 2 N–H and O–H groups in total. The van der Waals surface area contributed by atoms with Crippen LogP contribution in [0.4, 0.5) is 0 Å². The zero-order valence-corrected chi connectivity index (χ0v) is 10.2. The molecule has 0 aliphatic heterocycles. The molecule has 1 heterocycles. The molecular weight excluding hydrogens is 240 g/mol. The number of halogens is 1. The zero-order valence-electron chi connectivity index (χ0n) is 9.40. The van der Waals surface area contributed by atoms with Gasteiger partial charge in [-0.1, -0.05) is 11.6 Å². The number of amides is 1. The fourth-order valence-electron chi connectivity index (χ4n) is 2.03. The van der Waals surface area contributed by atoms with E-state index in [4.69, 9.17) is 11.6 Å². The van der Waals surface area contributed by atoms with Gasteiger partial charge in [-0.25, -0.2) is 4.98 Å². The Morgan fingerprint density at radius 1 is 1.41 bits per heavy atom. The number of aromatic nitrogens is 1. The van der Waals surface area contributed by atoms with Gasteiger partial charge in [0.25, 0.3) is 5.91 Å². The molecule has 0 aromatic carbocycles. The van der Waals surface area contributed by atoms with Crippen LogP contribution in [0.15, 0.2) is 18.3 Å². The van der Waals surface area contributed by atoms with E-state index in [9.17, 15) is 9.90 Å². The molecule has 1 aliphatic rings. The number of aliphatic hydroxyl groups is 1. The first-order valence-corrected chi connectivity index (χ1v) is 6.13. The summed E-state index contributed by atoms with van der Waals surface area (Å²) in [6.07, 6.45) is 4.46. The van der Waals surface area contributed by atoms with E-state index in [0.29, 0.717) is 10.7 Å². The number of hydrogen-bond donors (Lipinski definition) is 2. The van der Waals surface area contributed by atoms with Crippen molar-refractivity contribution in [2.45, 2.75) is 37.8 Å². The molecule has 92 valence electrons. The van der Waals surface area contributed by atoms with Crippen molar-refractivity contribution < 1.29 is 9.90 Å². The predicted octanol–water partition coefficient (Wildman–Crippen LogP) is 1.77. The predicted molar refractivity (Wildman–Crippen MR) is 65.0 cm³/mol. The number of aliphatic hydroxyl groups excluding tert-OH is 1. The lowest BCUT2D eigenvalue weighted by Crippen LogP contribution is -2.38. The molecule has 4 nitrogen and oxygen atoms in total. The van der Waals surface area contributed by atoms with Gasteiger partial charge in [-0.15, -0.1) is 0 Å². The van der Waals surface area contributed by atoms with Gasteiger partial charge < -0.3 is 10.4 Å². The highest BCUT2D eigenvalue weighted by Crippen LogP contribution is 2.18. The number of rotatable bonds is 2. The molecule has 1 amide bonds. The molecule has 1 aromatic rings. The SMILES string of the molecule is O=C(NC1CCC(O)CC1)c1ccnc(Cl)c1. The summed E-state index contributed by atoms with van der Waals surface area (Å²) in [7, 11) is 0. The molecule has 0 radical (unpaired) electrons. The van der Waals surface area contributed by atoms with Crippen LogP contribution in [0, 0.1) is 0 Å². The van der Waals surface area contributed by atoms with Gasteiger partial charge >= 0.3 is 0 Å². The van der Waals surface area contributed by atoms with Crippen LogP contribution in [-0.4, -0.2) is 28.1 Å². The Bertz CT molecular complexity index is 403. The van der Waals surface area contributed by atoms with Gasteiger partial charge in [0.15, 0.2) is 0 Å².